The van der Waals surface area contributed by atoms with Gasteiger partial charge in [-0.05, 0) is 48.5 Å². The highest BCUT2D eigenvalue weighted by atomic mass is 35.5. The fraction of sp³-hybridized carbons (Fsp3) is 0.0909. The minimum atomic E-state index is -0.253. The van der Waals surface area contributed by atoms with Crippen molar-refractivity contribution < 1.29 is 9.59 Å². The maximum absolute atomic E-state index is 12.7. The summed E-state index contributed by atoms with van der Waals surface area (Å²) in [6, 6.07) is 21.2. The Kier molecular flexibility index (Phi) is 6.75. The molecule has 2 amide bonds. The summed E-state index contributed by atoms with van der Waals surface area (Å²) < 4.78 is 0. The predicted molar refractivity (Wildman–Crippen MR) is 119 cm³/mol. The maximum atomic E-state index is 12.7. The van der Waals surface area contributed by atoms with Crippen molar-refractivity contribution in [2.75, 3.05) is 29.1 Å². The van der Waals surface area contributed by atoms with Gasteiger partial charge in [0.2, 0.25) is 5.91 Å². The van der Waals surface area contributed by atoms with Gasteiger partial charge >= 0.3 is 0 Å². The number of hydrogen-bond donors (Lipinski definition) is 2. The van der Waals surface area contributed by atoms with Crippen molar-refractivity contribution in [1.29, 1.82) is 0 Å². The van der Waals surface area contributed by atoms with Crippen LogP contribution in [0.5, 0.6) is 0 Å². The zero-order valence-electron chi connectivity index (χ0n) is 15.7. The van der Waals surface area contributed by atoms with Crippen LogP contribution < -0.4 is 15.5 Å². The molecule has 0 saturated heterocycles. The number of nitrogens with one attached hydrogen (secondary N) is 2. The Bertz CT molecular complexity index is 1030. The number of para-hydroxylation sites is 1. The molecule has 0 aliphatic carbocycles. The van der Waals surface area contributed by atoms with E-state index in [4.69, 9.17) is 23.2 Å². The number of carbonyl (C=O) groups is 2. The Morgan fingerprint density at radius 2 is 1.62 bits per heavy atom. The van der Waals surface area contributed by atoms with Crippen LogP contribution in [-0.4, -0.2) is 25.4 Å². The molecule has 0 bridgehead atoms. The molecule has 3 aromatic rings. The Labute approximate surface area is 179 Å². The lowest BCUT2D eigenvalue weighted by Gasteiger charge is -2.17. The molecule has 0 saturated carbocycles. The molecule has 0 radical (unpaired) electrons. The van der Waals surface area contributed by atoms with Crippen molar-refractivity contribution in [3.63, 3.8) is 0 Å². The van der Waals surface area contributed by atoms with Crippen molar-refractivity contribution in [1.82, 2.24) is 0 Å². The SMILES string of the molecule is CN(C(=O)c1cccc(NC(=O)CNc2ccc(Cl)c(Cl)c2)c1)c1ccccc1. The highest BCUT2D eigenvalue weighted by Gasteiger charge is 2.14. The molecule has 29 heavy (non-hydrogen) atoms. The first-order valence-corrected chi connectivity index (χ1v) is 9.61. The van der Waals surface area contributed by atoms with Crippen LogP contribution in [-0.2, 0) is 4.79 Å². The largest absolute Gasteiger partial charge is 0.376 e. The number of carbonyl (C=O) groups excluding carboxylic acids is 2. The summed E-state index contributed by atoms with van der Waals surface area (Å²) in [7, 11) is 1.71. The van der Waals surface area contributed by atoms with Crippen molar-refractivity contribution in [2.24, 2.45) is 0 Å². The summed E-state index contributed by atoms with van der Waals surface area (Å²) >= 11 is 11.8. The number of nitrogens with zero attached hydrogens (tertiary/aromatic N) is 1. The van der Waals surface area contributed by atoms with Crippen molar-refractivity contribution in [3.8, 4) is 0 Å². The molecule has 0 unspecified atom stereocenters. The lowest BCUT2D eigenvalue weighted by molar-refractivity contribution is -0.114. The van der Waals surface area contributed by atoms with Crippen LogP contribution in [0.15, 0.2) is 72.8 Å². The van der Waals surface area contributed by atoms with Gasteiger partial charge in [0.05, 0.1) is 16.6 Å². The van der Waals surface area contributed by atoms with E-state index in [9.17, 15) is 9.59 Å². The molecular weight excluding hydrogens is 409 g/mol. The number of hydrogen-bond acceptors (Lipinski definition) is 3. The van der Waals surface area contributed by atoms with E-state index in [0.717, 1.165) is 5.69 Å². The number of rotatable bonds is 6. The van der Waals surface area contributed by atoms with E-state index < -0.39 is 0 Å². The Morgan fingerprint density at radius 3 is 2.34 bits per heavy atom. The first-order chi connectivity index (χ1) is 13.9. The van der Waals surface area contributed by atoms with Gasteiger partial charge in [-0.3, -0.25) is 9.59 Å². The molecular formula is C22H19Cl2N3O2. The summed E-state index contributed by atoms with van der Waals surface area (Å²) in [5.41, 5.74) is 2.49. The van der Waals surface area contributed by atoms with E-state index in [-0.39, 0.29) is 18.4 Å². The molecule has 0 aliphatic rings. The molecule has 0 spiro atoms. The average molecular weight is 428 g/mol. The van der Waals surface area contributed by atoms with Gasteiger partial charge in [0.25, 0.3) is 5.91 Å². The quantitative estimate of drug-likeness (QED) is 0.559. The molecule has 0 aliphatic heterocycles. The second kappa shape index (κ2) is 9.45. The minimum absolute atomic E-state index is 0.0417. The van der Waals surface area contributed by atoms with E-state index in [1.165, 1.54) is 0 Å². The summed E-state index contributed by atoms with van der Waals surface area (Å²) in [5, 5.41) is 6.62. The average Bonchev–Trinajstić information content (AvgIpc) is 2.74. The highest BCUT2D eigenvalue weighted by Crippen LogP contribution is 2.25. The summed E-state index contributed by atoms with van der Waals surface area (Å²) in [6.07, 6.45) is 0. The van der Waals surface area contributed by atoms with Gasteiger partial charge in [0.15, 0.2) is 0 Å². The van der Waals surface area contributed by atoms with Crippen LogP contribution in [0.25, 0.3) is 0 Å². The second-order valence-electron chi connectivity index (χ2n) is 6.31. The number of halogens is 2. The number of anilines is 3. The molecule has 0 heterocycles. The summed E-state index contributed by atoms with van der Waals surface area (Å²) in [5.74, 6) is -0.418. The summed E-state index contributed by atoms with van der Waals surface area (Å²) in [6.45, 7) is 0.0417. The van der Waals surface area contributed by atoms with Crippen LogP contribution in [0.1, 0.15) is 10.4 Å². The highest BCUT2D eigenvalue weighted by molar-refractivity contribution is 6.42. The first-order valence-electron chi connectivity index (χ1n) is 8.86. The van der Waals surface area contributed by atoms with E-state index in [2.05, 4.69) is 10.6 Å². The predicted octanol–water partition coefficient (Wildman–Crippen LogP) is 5.32. The number of amides is 2. The van der Waals surface area contributed by atoms with Crippen LogP contribution in [0.3, 0.4) is 0 Å². The maximum Gasteiger partial charge on any atom is 0.258 e. The fourth-order valence-electron chi connectivity index (χ4n) is 2.69. The third-order valence-corrected chi connectivity index (χ3v) is 4.95. The molecule has 148 valence electrons. The monoisotopic (exact) mass is 427 g/mol. The standard InChI is InChI=1S/C22H19Cl2N3O2/c1-27(18-8-3-2-4-9-18)22(29)15-6-5-7-17(12-15)26-21(28)14-25-16-10-11-19(23)20(24)13-16/h2-13,25H,14H2,1H3,(H,26,28). The minimum Gasteiger partial charge on any atom is -0.376 e. The van der Waals surface area contributed by atoms with Crippen LogP contribution in [0.4, 0.5) is 17.1 Å². The molecule has 3 aromatic carbocycles. The molecule has 7 heteroatoms. The van der Waals surface area contributed by atoms with Crippen LogP contribution >= 0.6 is 23.2 Å². The van der Waals surface area contributed by atoms with Gasteiger partial charge in [-0.25, -0.2) is 0 Å². The lowest BCUT2D eigenvalue weighted by Crippen LogP contribution is -2.26. The fourth-order valence-corrected chi connectivity index (χ4v) is 2.98. The molecule has 2 N–H and O–H groups in total. The third-order valence-electron chi connectivity index (χ3n) is 4.21. The van der Waals surface area contributed by atoms with E-state index in [1.54, 1.807) is 54.4 Å². The molecule has 0 atom stereocenters. The smallest absolute Gasteiger partial charge is 0.258 e. The van der Waals surface area contributed by atoms with Crippen molar-refractivity contribution in [2.45, 2.75) is 0 Å². The Hall–Kier alpha value is -3.02. The Morgan fingerprint density at radius 1 is 0.862 bits per heavy atom. The van der Waals surface area contributed by atoms with Gasteiger partial charge in [0, 0.05) is 29.7 Å². The molecule has 0 fully saturated rings. The second-order valence-corrected chi connectivity index (χ2v) is 7.13. The van der Waals surface area contributed by atoms with E-state index >= 15 is 0 Å². The van der Waals surface area contributed by atoms with Crippen LogP contribution in [0.2, 0.25) is 10.0 Å². The van der Waals surface area contributed by atoms with Crippen molar-refractivity contribution >= 4 is 52.1 Å². The first kappa shape index (κ1) is 20.7. The molecule has 0 aromatic heterocycles. The Balaban J connectivity index is 1.62. The van der Waals surface area contributed by atoms with E-state index in [0.29, 0.717) is 27.0 Å². The van der Waals surface area contributed by atoms with Gasteiger partial charge in [-0.1, -0.05) is 47.5 Å². The van der Waals surface area contributed by atoms with Gasteiger partial charge in [-0.2, -0.15) is 0 Å². The third kappa shape index (κ3) is 5.50. The van der Waals surface area contributed by atoms with E-state index in [1.807, 2.05) is 30.3 Å². The van der Waals surface area contributed by atoms with Crippen molar-refractivity contribution in [3.05, 3.63) is 88.4 Å². The van der Waals surface area contributed by atoms with Crippen LogP contribution in [0, 0.1) is 0 Å². The van der Waals surface area contributed by atoms with Gasteiger partial charge in [-0.15, -0.1) is 0 Å². The topological polar surface area (TPSA) is 61.4 Å². The zero-order chi connectivity index (χ0) is 20.8. The molecule has 3 rings (SSSR count). The number of benzene rings is 3. The summed E-state index contributed by atoms with van der Waals surface area (Å²) in [4.78, 5) is 26.5. The zero-order valence-corrected chi connectivity index (χ0v) is 17.2. The lowest BCUT2D eigenvalue weighted by atomic mass is 10.1. The normalized spacial score (nSPS) is 10.3. The van der Waals surface area contributed by atoms with Gasteiger partial charge in [0.1, 0.15) is 0 Å². The molecule has 5 nitrogen and oxygen atoms in total. The van der Waals surface area contributed by atoms with Gasteiger partial charge < -0.3 is 15.5 Å².